The minimum absolute atomic E-state index is 0.158. The maximum atomic E-state index is 10.8. The summed E-state index contributed by atoms with van der Waals surface area (Å²) in [6.45, 7) is 0.667. The molecule has 0 unspecified atom stereocenters. The second kappa shape index (κ2) is 4.11. The number of hydrazine groups is 1. The fraction of sp³-hybridized carbons (Fsp3) is 0.300. The SMILES string of the molecule is O=C1NC[C@H](Cc2ccccc2)NN1. The number of nitrogens with one attached hydrogen (secondary N) is 3. The van der Waals surface area contributed by atoms with Gasteiger partial charge in [-0.3, -0.25) is 5.43 Å². The van der Waals surface area contributed by atoms with Crippen LogP contribution in [0, 0.1) is 0 Å². The summed E-state index contributed by atoms with van der Waals surface area (Å²) in [6, 6.07) is 10.3. The maximum Gasteiger partial charge on any atom is 0.329 e. The first kappa shape index (κ1) is 9.02. The number of benzene rings is 1. The van der Waals surface area contributed by atoms with Crippen LogP contribution in [-0.2, 0) is 6.42 Å². The maximum absolute atomic E-state index is 10.8. The van der Waals surface area contributed by atoms with Crippen molar-refractivity contribution < 1.29 is 4.79 Å². The van der Waals surface area contributed by atoms with E-state index < -0.39 is 0 Å². The summed E-state index contributed by atoms with van der Waals surface area (Å²) in [7, 11) is 0. The monoisotopic (exact) mass is 191 g/mol. The molecule has 0 spiro atoms. The average molecular weight is 191 g/mol. The largest absolute Gasteiger partial charge is 0.335 e. The van der Waals surface area contributed by atoms with Crippen molar-refractivity contribution in [2.24, 2.45) is 0 Å². The van der Waals surface area contributed by atoms with Crippen molar-refractivity contribution in [2.45, 2.75) is 12.5 Å². The lowest BCUT2D eigenvalue weighted by molar-refractivity contribution is 0.222. The lowest BCUT2D eigenvalue weighted by atomic mass is 10.1. The van der Waals surface area contributed by atoms with E-state index in [9.17, 15) is 4.79 Å². The highest BCUT2D eigenvalue weighted by Crippen LogP contribution is 2.03. The van der Waals surface area contributed by atoms with Crippen molar-refractivity contribution in [3.63, 3.8) is 0 Å². The van der Waals surface area contributed by atoms with Gasteiger partial charge in [0, 0.05) is 12.6 Å². The Morgan fingerprint density at radius 2 is 2.07 bits per heavy atom. The van der Waals surface area contributed by atoms with Crippen molar-refractivity contribution in [2.75, 3.05) is 6.54 Å². The summed E-state index contributed by atoms with van der Waals surface area (Å²) >= 11 is 0. The molecule has 1 aliphatic rings. The Morgan fingerprint density at radius 3 is 2.71 bits per heavy atom. The smallest absolute Gasteiger partial charge is 0.329 e. The van der Waals surface area contributed by atoms with Crippen LogP contribution in [0.1, 0.15) is 5.56 Å². The topological polar surface area (TPSA) is 53.2 Å². The van der Waals surface area contributed by atoms with E-state index in [1.807, 2.05) is 18.2 Å². The van der Waals surface area contributed by atoms with E-state index in [-0.39, 0.29) is 12.1 Å². The predicted molar refractivity (Wildman–Crippen MR) is 53.6 cm³/mol. The molecule has 0 aliphatic carbocycles. The van der Waals surface area contributed by atoms with Gasteiger partial charge >= 0.3 is 6.03 Å². The van der Waals surface area contributed by atoms with E-state index >= 15 is 0 Å². The molecule has 1 aliphatic heterocycles. The number of hydrogen-bond donors (Lipinski definition) is 3. The van der Waals surface area contributed by atoms with Crippen LogP contribution in [0.4, 0.5) is 4.79 Å². The lowest BCUT2D eigenvalue weighted by Gasteiger charge is -2.24. The molecule has 1 aromatic carbocycles. The molecule has 1 aromatic rings. The van der Waals surface area contributed by atoms with Gasteiger partial charge in [0.25, 0.3) is 0 Å². The minimum atomic E-state index is -0.158. The molecule has 4 nitrogen and oxygen atoms in total. The molecule has 14 heavy (non-hydrogen) atoms. The summed E-state index contributed by atoms with van der Waals surface area (Å²) in [5.74, 6) is 0. The Kier molecular flexibility index (Phi) is 2.65. The van der Waals surface area contributed by atoms with Gasteiger partial charge in [-0.15, -0.1) is 0 Å². The van der Waals surface area contributed by atoms with Crippen LogP contribution in [-0.4, -0.2) is 18.6 Å². The van der Waals surface area contributed by atoms with E-state index in [4.69, 9.17) is 0 Å². The summed E-state index contributed by atoms with van der Waals surface area (Å²) in [5, 5.41) is 2.74. The highest BCUT2D eigenvalue weighted by molar-refractivity contribution is 5.74. The number of rotatable bonds is 2. The first-order valence-electron chi connectivity index (χ1n) is 4.68. The van der Waals surface area contributed by atoms with Gasteiger partial charge in [0.15, 0.2) is 0 Å². The van der Waals surface area contributed by atoms with Gasteiger partial charge in [0.05, 0.1) is 0 Å². The van der Waals surface area contributed by atoms with Crippen molar-refractivity contribution in [3.05, 3.63) is 35.9 Å². The molecular weight excluding hydrogens is 178 g/mol. The molecule has 2 rings (SSSR count). The Labute approximate surface area is 82.7 Å². The third kappa shape index (κ3) is 2.23. The molecular formula is C10H13N3O. The fourth-order valence-electron chi connectivity index (χ4n) is 1.50. The number of urea groups is 1. The van der Waals surface area contributed by atoms with Crippen LogP contribution < -0.4 is 16.2 Å². The first-order valence-corrected chi connectivity index (χ1v) is 4.68. The van der Waals surface area contributed by atoms with E-state index in [0.717, 1.165) is 6.42 Å². The lowest BCUT2D eigenvalue weighted by Crippen LogP contribution is -2.59. The van der Waals surface area contributed by atoms with Crippen LogP contribution in [0.3, 0.4) is 0 Å². The Hall–Kier alpha value is -1.55. The standard InChI is InChI=1S/C10H13N3O/c14-10-11-7-9(12-13-10)6-8-4-2-1-3-5-8/h1-5,9,12H,6-7H2,(H2,11,13,14)/t9-/m0/s1. The number of hydrogen-bond acceptors (Lipinski definition) is 2. The van der Waals surface area contributed by atoms with E-state index in [2.05, 4.69) is 28.3 Å². The first-order chi connectivity index (χ1) is 6.84. The number of carbonyl (C=O) groups excluding carboxylic acids is 1. The molecule has 74 valence electrons. The van der Waals surface area contributed by atoms with Crippen LogP contribution >= 0.6 is 0 Å². The van der Waals surface area contributed by atoms with Crippen molar-refractivity contribution >= 4 is 6.03 Å². The van der Waals surface area contributed by atoms with Gasteiger partial charge in [0.2, 0.25) is 0 Å². The molecule has 0 bridgehead atoms. The normalized spacial score (nSPS) is 21.1. The van der Waals surface area contributed by atoms with Gasteiger partial charge in [-0.25, -0.2) is 10.2 Å². The van der Waals surface area contributed by atoms with Crippen LogP contribution in [0.25, 0.3) is 0 Å². The Balaban J connectivity index is 1.89. The molecule has 0 saturated carbocycles. The molecule has 4 heteroatoms. The zero-order chi connectivity index (χ0) is 9.80. The zero-order valence-corrected chi connectivity index (χ0v) is 7.79. The molecule has 0 radical (unpaired) electrons. The molecule has 0 aromatic heterocycles. The Bertz CT molecular complexity index is 302. The van der Waals surface area contributed by atoms with Gasteiger partial charge in [0.1, 0.15) is 0 Å². The van der Waals surface area contributed by atoms with Crippen molar-refractivity contribution in [3.8, 4) is 0 Å². The third-order valence-corrected chi connectivity index (χ3v) is 2.22. The average Bonchev–Trinajstić information content (AvgIpc) is 2.23. The summed E-state index contributed by atoms with van der Waals surface area (Å²) < 4.78 is 0. The molecule has 1 fully saturated rings. The van der Waals surface area contributed by atoms with Crippen LogP contribution in [0.5, 0.6) is 0 Å². The second-order valence-corrected chi connectivity index (χ2v) is 3.37. The van der Waals surface area contributed by atoms with Crippen LogP contribution in [0.15, 0.2) is 30.3 Å². The minimum Gasteiger partial charge on any atom is -0.335 e. The second-order valence-electron chi connectivity index (χ2n) is 3.37. The fourth-order valence-corrected chi connectivity index (χ4v) is 1.50. The molecule has 1 atom stereocenters. The summed E-state index contributed by atoms with van der Waals surface area (Å²) in [6.07, 6.45) is 0.911. The number of amides is 2. The summed E-state index contributed by atoms with van der Waals surface area (Å²) in [4.78, 5) is 10.8. The van der Waals surface area contributed by atoms with Gasteiger partial charge in [-0.2, -0.15) is 0 Å². The van der Waals surface area contributed by atoms with E-state index in [1.165, 1.54) is 5.56 Å². The third-order valence-electron chi connectivity index (χ3n) is 2.22. The number of carbonyl (C=O) groups is 1. The summed E-state index contributed by atoms with van der Waals surface area (Å²) in [5.41, 5.74) is 6.77. The molecule has 1 saturated heterocycles. The van der Waals surface area contributed by atoms with Crippen molar-refractivity contribution in [1.82, 2.24) is 16.2 Å². The van der Waals surface area contributed by atoms with Crippen molar-refractivity contribution in [1.29, 1.82) is 0 Å². The Morgan fingerprint density at radius 1 is 1.29 bits per heavy atom. The van der Waals surface area contributed by atoms with Gasteiger partial charge in [-0.1, -0.05) is 30.3 Å². The molecule has 2 amide bonds. The quantitative estimate of drug-likeness (QED) is 0.634. The van der Waals surface area contributed by atoms with E-state index in [0.29, 0.717) is 6.54 Å². The molecule has 3 N–H and O–H groups in total. The predicted octanol–water partition coefficient (Wildman–Crippen LogP) is 0.415. The van der Waals surface area contributed by atoms with Gasteiger partial charge < -0.3 is 5.32 Å². The molecule has 1 heterocycles. The van der Waals surface area contributed by atoms with E-state index in [1.54, 1.807) is 0 Å². The highest BCUT2D eigenvalue weighted by atomic mass is 16.2. The highest BCUT2D eigenvalue weighted by Gasteiger charge is 2.16. The van der Waals surface area contributed by atoms with Gasteiger partial charge in [-0.05, 0) is 12.0 Å². The zero-order valence-electron chi connectivity index (χ0n) is 7.79. The van der Waals surface area contributed by atoms with Crippen LogP contribution in [0.2, 0.25) is 0 Å².